The number of morpholine rings is 1. The van der Waals surface area contributed by atoms with Crippen LogP contribution in [0.4, 0.5) is 0 Å². The van der Waals surface area contributed by atoms with Crippen LogP contribution in [0.3, 0.4) is 0 Å². The van der Waals surface area contributed by atoms with Gasteiger partial charge in [0.1, 0.15) is 34.1 Å². The molecule has 0 aliphatic carbocycles. The zero-order valence-electron chi connectivity index (χ0n) is 20.2. The third-order valence-corrected chi connectivity index (χ3v) is 7.14. The van der Waals surface area contributed by atoms with E-state index in [1.54, 1.807) is 11.0 Å². The smallest absolute Gasteiger partial charge is 0.254 e. The van der Waals surface area contributed by atoms with Gasteiger partial charge in [-0.1, -0.05) is 30.3 Å². The Bertz CT molecular complexity index is 1150. The largest absolute Gasteiger partial charge is 0.489 e. The highest BCUT2D eigenvalue weighted by molar-refractivity contribution is 6.43. The van der Waals surface area contributed by atoms with Crippen molar-refractivity contribution in [2.75, 3.05) is 26.3 Å². The van der Waals surface area contributed by atoms with E-state index < -0.39 is 17.3 Å². The summed E-state index contributed by atoms with van der Waals surface area (Å²) < 4.78 is 11.6. The van der Waals surface area contributed by atoms with Crippen molar-refractivity contribution in [1.82, 2.24) is 15.1 Å². The zero-order chi connectivity index (χ0) is 24.6. The molecule has 8 nitrogen and oxygen atoms in total. The Kier molecular flexibility index (Phi) is 6.42. The van der Waals surface area contributed by atoms with E-state index in [-0.39, 0.29) is 18.2 Å². The van der Waals surface area contributed by atoms with Crippen LogP contribution in [0.2, 0.25) is 0 Å². The van der Waals surface area contributed by atoms with E-state index in [0.717, 1.165) is 44.0 Å². The van der Waals surface area contributed by atoms with E-state index in [9.17, 15) is 14.4 Å². The molecule has 35 heavy (non-hydrogen) atoms. The van der Waals surface area contributed by atoms with Gasteiger partial charge in [-0.05, 0) is 29.7 Å². The fraction of sp³-hybridized carbons (Fsp3) is 0.400. The maximum absolute atomic E-state index is 13.4. The van der Waals surface area contributed by atoms with Crippen molar-refractivity contribution in [2.24, 2.45) is 0 Å². The van der Waals surface area contributed by atoms with Crippen LogP contribution in [0.25, 0.3) is 0 Å². The zero-order valence-corrected chi connectivity index (χ0v) is 20.2. The van der Waals surface area contributed by atoms with Crippen LogP contribution >= 0.6 is 0 Å². The summed E-state index contributed by atoms with van der Waals surface area (Å²) in [5.74, 6) is -0.297. The summed E-state index contributed by atoms with van der Waals surface area (Å²) in [6, 6.07) is 13.2. The number of rotatable bonds is 6. The number of amides is 3. The van der Waals surface area contributed by atoms with E-state index in [2.05, 4.69) is 34.5 Å². The van der Waals surface area contributed by atoms with E-state index in [1.165, 1.54) is 5.56 Å². The second-order valence-electron chi connectivity index (χ2n) is 9.87. The van der Waals surface area contributed by atoms with Crippen molar-refractivity contribution in [3.8, 4) is 5.75 Å². The number of nitrogens with one attached hydrogen (secondary N) is 1. The molecule has 0 spiro atoms. The first-order chi connectivity index (χ1) is 16.8. The van der Waals surface area contributed by atoms with Gasteiger partial charge < -0.3 is 14.4 Å². The molecule has 3 heterocycles. The van der Waals surface area contributed by atoms with Crippen molar-refractivity contribution < 1.29 is 23.9 Å². The lowest BCUT2D eigenvalue weighted by atomic mass is 9.57. The molecule has 180 valence electrons. The maximum Gasteiger partial charge on any atom is 0.254 e. The summed E-state index contributed by atoms with van der Waals surface area (Å²) in [5, 5.41) is 1.61. The fourth-order valence-electron chi connectivity index (χ4n) is 5.34. The van der Waals surface area contributed by atoms with Crippen LogP contribution in [0, 0.1) is 0 Å². The lowest BCUT2D eigenvalue weighted by molar-refractivity contribution is -0.137. The van der Waals surface area contributed by atoms with Gasteiger partial charge in [-0.3, -0.25) is 24.6 Å². The number of carbonyl (C=O) groups excluding carboxylic acids is 3. The van der Waals surface area contributed by atoms with Crippen LogP contribution in [-0.4, -0.2) is 75.6 Å². The number of piperidine rings is 1. The summed E-state index contributed by atoms with van der Waals surface area (Å²) in [4.78, 5) is 41.5. The monoisotopic (exact) mass is 473 g/mol. The average Bonchev–Trinajstić information content (AvgIpc) is 3.05. The highest BCUT2D eigenvalue weighted by Crippen LogP contribution is 2.42. The average molecular weight is 473 g/mol. The molecule has 0 aromatic heterocycles. The molecule has 2 fully saturated rings. The first-order valence-corrected chi connectivity index (χ1v) is 12.2. The Labute approximate surface area is 206 Å². The van der Waals surface area contributed by atoms with Gasteiger partial charge in [0.15, 0.2) is 0 Å². The van der Waals surface area contributed by atoms with Crippen LogP contribution in [0.5, 0.6) is 5.75 Å². The first kappa shape index (κ1) is 23.6. The van der Waals surface area contributed by atoms with Gasteiger partial charge in [0, 0.05) is 42.5 Å². The lowest BCUT2D eigenvalue weighted by Gasteiger charge is -2.40. The molecule has 2 saturated heterocycles. The van der Waals surface area contributed by atoms with Gasteiger partial charge in [0.2, 0.25) is 11.8 Å². The first-order valence-electron chi connectivity index (χ1n) is 12.2. The van der Waals surface area contributed by atoms with Gasteiger partial charge in [-0.15, -0.1) is 0 Å². The van der Waals surface area contributed by atoms with Gasteiger partial charge in [0.05, 0.1) is 13.2 Å². The van der Waals surface area contributed by atoms with Gasteiger partial charge in [-0.2, -0.15) is 0 Å². The molecular weight excluding hydrogens is 444 g/mol. The molecule has 1 unspecified atom stereocenters. The third-order valence-electron chi connectivity index (χ3n) is 7.14. The topological polar surface area (TPSA) is 88.2 Å². The molecule has 2 aromatic rings. The Morgan fingerprint density at radius 1 is 1.03 bits per heavy atom. The number of benzene rings is 2. The van der Waals surface area contributed by atoms with Crippen molar-refractivity contribution >= 4 is 33.4 Å². The second-order valence-corrected chi connectivity index (χ2v) is 9.87. The highest BCUT2D eigenvalue weighted by Gasteiger charge is 2.50. The molecule has 10 heteroatoms. The van der Waals surface area contributed by atoms with E-state index in [1.807, 2.05) is 27.8 Å². The van der Waals surface area contributed by atoms with Crippen LogP contribution in [0.1, 0.15) is 39.9 Å². The fourth-order valence-corrected chi connectivity index (χ4v) is 5.34. The summed E-state index contributed by atoms with van der Waals surface area (Å²) in [5.41, 5.74) is 3.61. The van der Waals surface area contributed by atoms with Crippen molar-refractivity contribution in [3.63, 3.8) is 0 Å². The molecule has 3 aliphatic rings. The van der Waals surface area contributed by atoms with Crippen molar-refractivity contribution in [3.05, 3.63) is 64.7 Å². The van der Waals surface area contributed by atoms with Crippen molar-refractivity contribution in [2.45, 2.75) is 37.4 Å². The van der Waals surface area contributed by atoms with Crippen molar-refractivity contribution in [1.29, 1.82) is 0 Å². The molecule has 0 radical (unpaired) electrons. The summed E-state index contributed by atoms with van der Waals surface area (Å²) in [6.07, 6.45) is 0.540. The number of nitrogens with zero attached hydrogens (tertiary/aromatic N) is 2. The SMILES string of the molecule is BC1(B)c2c(OCc3ccc(CN4CCOCC4)cc3)cccc2C(=O)N1C1CCC(=O)NC1=O. The van der Waals surface area contributed by atoms with Crippen LogP contribution in [-0.2, 0) is 32.8 Å². The Hall–Kier alpha value is -3.10. The summed E-state index contributed by atoms with van der Waals surface area (Å²) in [7, 11) is 3.85. The number of ether oxygens (including phenoxy) is 2. The number of fused-ring (bicyclic) bond motifs is 1. The normalized spacial score (nSPS) is 22.1. The summed E-state index contributed by atoms with van der Waals surface area (Å²) in [6.45, 7) is 4.75. The molecule has 1 atom stereocenters. The molecule has 2 aromatic carbocycles. The summed E-state index contributed by atoms with van der Waals surface area (Å²) >= 11 is 0. The number of imide groups is 1. The Morgan fingerprint density at radius 2 is 1.74 bits per heavy atom. The quantitative estimate of drug-likeness (QED) is 0.460. The van der Waals surface area contributed by atoms with E-state index in [4.69, 9.17) is 9.47 Å². The number of hydrogen-bond acceptors (Lipinski definition) is 6. The van der Waals surface area contributed by atoms with Gasteiger partial charge in [0.25, 0.3) is 5.91 Å². The predicted molar refractivity (Wildman–Crippen MR) is 134 cm³/mol. The maximum atomic E-state index is 13.4. The number of hydrogen-bond donors (Lipinski definition) is 1. The highest BCUT2D eigenvalue weighted by atomic mass is 16.5. The number of carbonyl (C=O) groups is 3. The molecule has 0 bridgehead atoms. The predicted octanol–water partition coefficient (Wildman–Crippen LogP) is -0.265. The minimum atomic E-state index is -0.757. The second kappa shape index (κ2) is 9.51. The molecule has 5 rings (SSSR count). The Morgan fingerprint density at radius 3 is 2.46 bits per heavy atom. The lowest BCUT2D eigenvalue weighted by Crippen LogP contribution is -2.59. The molecule has 1 N–H and O–H groups in total. The van der Waals surface area contributed by atoms with Crippen LogP contribution in [0.15, 0.2) is 42.5 Å². The van der Waals surface area contributed by atoms with Gasteiger partial charge >= 0.3 is 0 Å². The molecular formula is C25H29B2N3O5. The van der Waals surface area contributed by atoms with Crippen LogP contribution < -0.4 is 10.1 Å². The molecule has 3 amide bonds. The van der Waals surface area contributed by atoms with E-state index >= 15 is 0 Å². The Balaban J connectivity index is 1.31. The standard InChI is InChI=1S/C25H29B2N3O5/c26-25(27)22-18(24(33)30(25)19-8-9-21(31)28-23(19)32)2-1-3-20(22)35-15-17-6-4-16(5-7-17)14-29-10-12-34-13-11-29/h1-7,19H,8-15,26-27H2,(H,28,31,32). The molecule has 0 saturated carbocycles. The minimum Gasteiger partial charge on any atom is -0.489 e. The third kappa shape index (κ3) is 4.60. The van der Waals surface area contributed by atoms with E-state index in [0.29, 0.717) is 24.3 Å². The molecule has 3 aliphatic heterocycles. The van der Waals surface area contributed by atoms with Gasteiger partial charge in [-0.25, -0.2) is 0 Å². The minimum absolute atomic E-state index is 0.211.